The summed E-state index contributed by atoms with van der Waals surface area (Å²) in [5.41, 5.74) is 2.02. The standard InChI is InChI=1S/C14H19N3O2/c1-16(2)7-3-4-8-17-10-15-12-9-11(14(18)19)5-6-13(12)17/h5-6,9-10H,3-4,7-8H2,1-2H3,(H,18,19). The van der Waals surface area contributed by atoms with Crippen LogP contribution in [0.3, 0.4) is 0 Å². The maximum Gasteiger partial charge on any atom is 0.335 e. The number of benzene rings is 1. The second-order valence-corrected chi connectivity index (χ2v) is 4.96. The second-order valence-electron chi connectivity index (χ2n) is 4.96. The topological polar surface area (TPSA) is 58.4 Å². The maximum absolute atomic E-state index is 10.9. The summed E-state index contributed by atoms with van der Waals surface area (Å²) < 4.78 is 2.08. The normalized spacial score (nSPS) is 11.3. The molecule has 1 N–H and O–H groups in total. The molecule has 2 aromatic rings. The lowest BCUT2D eigenvalue weighted by Crippen LogP contribution is -2.13. The maximum atomic E-state index is 10.9. The van der Waals surface area contributed by atoms with Crippen molar-refractivity contribution in [3.8, 4) is 0 Å². The van der Waals surface area contributed by atoms with Gasteiger partial charge in [0.25, 0.3) is 0 Å². The zero-order chi connectivity index (χ0) is 13.8. The highest BCUT2D eigenvalue weighted by Gasteiger charge is 2.07. The molecule has 0 saturated heterocycles. The number of carboxylic acid groups (broad SMARTS) is 1. The van der Waals surface area contributed by atoms with Crippen LogP contribution in [0.25, 0.3) is 11.0 Å². The molecule has 5 nitrogen and oxygen atoms in total. The van der Waals surface area contributed by atoms with Gasteiger partial charge in [-0.05, 0) is 51.7 Å². The molecule has 102 valence electrons. The average molecular weight is 261 g/mol. The van der Waals surface area contributed by atoms with E-state index in [-0.39, 0.29) is 5.56 Å². The zero-order valence-corrected chi connectivity index (χ0v) is 11.3. The molecule has 19 heavy (non-hydrogen) atoms. The number of unbranched alkanes of at least 4 members (excludes halogenated alkanes) is 1. The number of hydrogen-bond donors (Lipinski definition) is 1. The predicted molar refractivity (Wildman–Crippen MR) is 74.5 cm³/mol. The minimum atomic E-state index is -0.914. The highest BCUT2D eigenvalue weighted by Crippen LogP contribution is 2.15. The largest absolute Gasteiger partial charge is 0.478 e. The van der Waals surface area contributed by atoms with Crippen molar-refractivity contribution in [3.05, 3.63) is 30.1 Å². The van der Waals surface area contributed by atoms with E-state index in [2.05, 4.69) is 28.5 Å². The van der Waals surface area contributed by atoms with Crippen LogP contribution in [0.4, 0.5) is 0 Å². The fourth-order valence-corrected chi connectivity index (χ4v) is 2.09. The van der Waals surface area contributed by atoms with Crippen molar-refractivity contribution < 1.29 is 9.90 Å². The molecule has 1 aromatic heterocycles. The fourth-order valence-electron chi connectivity index (χ4n) is 2.09. The van der Waals surface area contributed by atoms with E-state index in [1.165, 1.54) is 0 Å². The molecular weight excluding hydrogens is 242 g/mol. The molecule has 1 heterocycles. The first-order valence-corrected chi connectivity index (χ1v) is 6.41. The van der Waals surface area contributed by atoms with E-state index >= 15 is 0 Å². The molecule has 0 unspecified atom stereocenters. The molecule has 2 rings (SSSR count). The number of nitrogens with zero attached hydrogens (tertiary/aromatic N) is 3. The summed E-state index contributed by atoms with van der Waals surface area (Å²) in [6, 6.07) is 5.08. The summed E-state index contributed by atoms with van der Waals surface area (Å²) in [5, 5.41) is 8.94. The highest BCUT2D eigenvalue weighted by molar-refractivity contribution is 5.92. The molecule has 0 atom stereocenters. The van der Waals surface area contributed by atoms with Gasteiger partial charge in [0.1, 0.15) is 0 Å². The molecule has 0 aliphatic heterocycles. The Balaban J connectivity index is 2.06. The summed E-state index contributed by atoms with van der Waals surface area (Å²) in [4.78, 5) is 17.3. The number of hydrogen-bond acceptors (Lipinski definition) is 3. The summed E-state index contributed by atoms with van der Waals surface area (Å²) in [6.45, 7) is 1.99. The fraction of sp³-hybridized carbons (Fsp3) is 0.429. The van der Waals surface area contributed by atoms with Crippen molar-refractivity contribution >= 4 is 17.0 Å². The van der Waals surface area contributed by atoms with Gasteiger partial charge in [-0.3, -0.25) is 0 Å². The van der Waals surface area contributed by atoms with Gasteiger partial charge in [0.2, 0.25) is 0 Å². The van der Waals surface area contributed by atoms with Gasteiger partial charge in [-0.25, -0.2) is 9.78 Å². The van der Waals surface area contributed by atoms with Crippen molar-refractivity contribution in [1.82, 2.24) is 14.5 Å². The Kier molecular flexibility index (Phi) is 4.16. The Morgan fingerprint density at radius 2 is 2.16 bits per heavy atom. The lowest BCUT2D eigenvalue weighted by Gasteiger charge is -2.09. The van der Waals surface area contributed by atoms with E-state index in [4.69, 9.17) is 5.11 Å². The minimum Gasteiger partial charge on any atom is -0.478 e. The van der Waals surface area contributed by atoms with Crippen LogP contribution >= 0.6 is 0 Å². The van der Waals surface area contributed by atoms with E-state index in [0.29, 0.717) is 0 Å². The number of imidazole rings is 1. The van der Waals surface area contributed by atoms with Crippen LogP contribution in [-0.4, -0.2) is 46.2 Å². The third-order valence-electron chi connectivity index (χ3n) is 3.12. The monoisotopic (exact) mass is 261 g/mol. The highest BCUT2D eigenvalue weighted by atomic mass is 16.4. The van der Waals surface area contributed by atoms with E-state index in [0.717, 1.165) is 37.0 Å². The molecular formula is C14H19N3O2. The molecule has 0 aliphatic rings. The van der Waals surface area contributed by atoms with Crippen molar-refractivity contribution in [1.29, 1.82) is 0 Å². The third kappa shape index (κ3) is 3.32. The number of carbonyl (C=O) groups is 1. The number of carboxylic acids is 1. The zero-order valence-electron chi connectivity index (χ0n) is 11.3. The van der Waals surface area contributed by atoms with Crippen LogP contribution in [-0.2, 0) is 6.54 Å². The van der Waals surface area contributed by atoms with Crippen molar-refractivity contribution in [2.24, 2.45) is 0 Å². The second kappa shape index (κ2) is 5.84. The number of rotatable bonds is 6. The first kappa shape index (κ1) is 13.5. The minimum absolute atomic E-state index is 0.283. The molecule has 0 aliphatic carbocycles. The number of aromatic carboxylic acids is 1. The molecule has 0 amide bonds. The summed E-state index contributed by atoms with van der Waals surface area (Å²) in [5.74, 6) is -0.914. The Morgan fingerprint density at radius 1 is 1.37 bits per heavy atom. The van der Waals surface area contributed by atoms with Crippen LogP contribution in [0.15, 0.2) is 24.5 Å². The van der Waals surface area contributed by atoms with Crippen LogP contribution in [0.2, 0.25) is 0 Å². The Morgan fingerprint density at radius 3 is 2.84 bits per heavy atom. The van der Waals surface area contributed by atoms with Gasteiger partial charge >= 0.3 is 5.97 Å². The number of aromatic nitrogens is 2. The van der Waals surface area contributed by atoms with Gasteiger partial charge in [-0.15, -0.1) is 0 Å². The van der Waals surface area contributed by atoms with E-state index < -0.39 is 5.97 Å². The third-order valence-corrected chi connectivity index (χ3v) is 3.12. The van der Waals surface area contributed by atoms with E-state index in [1.807, 2.05) is 6.07 Å². The number of aryl methyl sites for hydroxylation is 1. The van der Waals surface area contributed by atoms with E-state index in [1.54, 1.807) is 18.5 Å². The smallest absolute Gasteiger partial charge is 0.335 e. The predicted octanol–water partition coefficient (Wildman–Crippen LogP) is 2.08. The molecule has 1 aromatic carbocycles. The summed E-state index contributed by atoms with van der Waals surface area (Å²) >= 11 is 0. The van der Waals surface area contributed by atoms with Gasteiger partial charge in [-0.2, -0.15) is 0 Å². The van der Waals surface area contributed by atoms with Crippen molar-refractivity contribution in [2.75, 3.05) is 20.6 Å². The lowest BCUT2D eigenvalue weighted by molar-refractivity contribution is 0.0697. The van der Waals surface area contributed by atoms with Crippen LogP contribution in [0, 0.1) is 0 Å². The Bertz CT molecular complexity index is 575. The molecule has 0 spiro atoms. The molecule has 0 bridgehead atoms. The van der Waals surface area contributed by atoms with Crippen molar-refractivity contribution in [2.45, 2.75) is 19.4 Å². The van der Waals surface area contributed by atoms with Gasteiger partial charge in [0, 0.05) is 6.54 Å². The van der Waals surface area contributed by atoms with Crippen molar-refractivity contribution in [3.63, 3.8) is 0 Å². The lowest BCUT2D eigenvalue weighted by atomic mass is 10.2. The Labute approximate surface area is 112 Å². The first-order valence-electron chi connectivity index (χ1n) is 6.41. The molecule has 0 radical (unpaired) electrons. The molecule has 0 saturated carbocycles. The van der Waals surface area contributed by atoms with Gasteiger partial charge < -0.3 is 14.6 Å². The Hall–Kier alpha value is -1.88. The van der Waals surface area contributed by atoms with Gasteiger partial charge in [0.15, 0.2) is 0 Å². The molecule has 0 fully saturated rings. The van der Waals surface area contributed by atoms with Crippen LogP contribution < -0.4 is 0 Å². The SMILES string of the molecule is CN(C)CCCCn1cnc2cc(C(=O)O)ccc21. The average Bonchev–Trinajstić information content (AvgIpc) is 2.76. The van der Waals surface area contributed by atoms with Crippen LogP contribution in [0.1, 0.15) is 23.2 Å². The number of fused-ring (bicyclic) bond motifs is 1. The first-order chi connectivity index (χ1) is 9.08. The van der Waals surface area contributed by atoms with Gasteiger partial charge in [-0.1, -0.05) is 0 Å². The van der Waals surface area contributed by atoms with Gasteiger partial charge in [0.05, 0.1) is 22.9 Å². The van der Waals surface area contributed by atoms with E-state index in [9.17, 15) is 4.79 Å². The van der Waals surface area contributed by atoms with Crippen LogP contribution in [0.5, 0.6) is 0 Å². The summed E-state index contributed by atoms with van der Waals surface area (Å²) in [6.07, 6.45) is 4.01. The quantitative estimate of drug-likeness (QED) is 0.809. The summed E-state index contributed by atoms with van der Waals surface area (Å²) in [7, 11) is 4.14. The molecule has 5 heteroatoms.